The van der Waals surface area contributed by atoms with Crippen molar-refractivity contribution in [1.82, 2.24) is 24.6 Å². The quantitative estimate of drug-likeness (QED) is 0.721. The van der Waals surface area contributed by atoms with Crippen LogP contribution >= 0.6 is 0 Å². The standard InChI is InChI=1S/C12H19N5/c1-16-9-4-12(15-16)3-6-13-5-2-8-17-10-7-14-11-17/h4,7,9-11,13H,2-3,5-6,8H2,1H3. The highest BCUT2D eigenvalue weighted by Gasteiger charge is 1.96. The van der Waals surface area contributed by atoms with E-state index in [4.69, 9.17) is 0 Å². The smallest absolute Gasteiger partial charge is 0.0945 e. The highest BCUT2D eigenvalue weighted by atomic mass is 15.2. The maximum Gasteiger partial charge on any atom is 0.0945 e. The molecule has 17 heavy (non-hydrogen) atoms. The van der Waals surface area contributed by atoms with E-state index in [1.54, 1.807) is 0 Å². The van der Waals surface area contributed by atoms with Gasteiger partial charge in [0.1, 0.15) is 0 Å². The average molecular weight is 233 g/mol. The van der Waals surface area contributed by atoms with Gasteiger partial charge < -0.3 is 9.88 Å². The van der Waals surface area contributed by atoms with E-state index in [0.717, 1.165) is 38.2 Å². The molecule has 2 aromatic rings. The summed E-state index contributed by atoms with van der Waals surface area (Å²) in [5.74, 6) is 0. The van der Waals surface area contributed by atoms with Crippen molar-refractivity contribution in [2.75, 3.05) is 13.1 Å². The number of nitrogens with one attached hydrogen (secondary N) is 1. The summed E-state index contributed by atoms with van der Waals surface area (Å²) in [5, 5.41) is 7.76. The molecule has 2 aromatic heterocycles. The molecule has 0 spiro atoms. The minimum atomic E-state index is 0.987. The van der Waals surface area contributed by atoms with E-state index < -0.39 is 0 Å². The lowest BCUT2D eigenvalue weighted by molar-refractivity contribution is 0.578. The van der Waals surface area contributed by atoms with Crippen molar-refractivity contribution in [3.05, 3.63) is 36.7 Å². The zero-order valence-electron chi connectivity index (χ0n) is 10.2. The first-order valence-corrected chi connectivity index (χ1v) is 5.99. The Kier molecular flexibility index (Phi) is 4.32. The van der Waals surface area contributed by atoms with Crippen molar-refractivity contribution in [3.63, 3.8) is 0 Å². The minimum absolute atomic E-state index is 0.987. The summed E-state index contributed by atoms with van der Waals surface area (Å²) in [6.45, 7) is 3.04. The second-order valence-electron chi connectivity index (χ2n) is 4.13. The van der Waals surface area contributed by atoms with Crippen LogP contribution in [0.15, 0.2) is 31.0 Å². The molecule has 5 nitrogen and oxygen atoms in total. The fraction of sp³-hybridized carbons (Fsp3) is 0.500. The molecule has 0 saturated heterocycles. The molecule has 0 fully saturated rings. The van der Waals surface area contributed by atoms with Crippen LogP contribution in [0, 0.1) is 0 Å². The van der Waals surface area contributed by atoms with E-state index in [1.165, 1.54) is 0 Å². The van der Waals surface area contributed by atoms with E-state index in [9.17, 15) is 0 Å². The summed E-state index contributed by atoms with van der Waals surface area (Å²) >= 11 is 0. The highest BCUT2D eigenvalue weighted by Crippen LogP contribution is 1.94. The van der Waals surface area contributed by atoms with Gasteiger partial charge in [-0.2, -0.15) is 5.10 Å². The largest absolute Gasteiger partial charge is 0.337 e. The summed E-state index contributed by atoms with van der Waals surface area (Å²) in [6, 6.07) is 2.06. The van der Waals surface area contributed by atoms with Gasteiger partial charge in [-0.3, -0.25) is 4.68 Å². The monoisotopic (exact) mass is 233 g/mol. The van der Waals surface area contributed by atoms with Crippen LogP contribution in [0.1, 0.15) is 12.1 Å². The van der Waals surface area contributed by atoms with Crippen LogP contribution in [0.4, 0.5) is 0 Å². The number of aryl methyl sites for hydroxylation is 2. The fourth-order valence-corrected chi connectivity index (χ4v) is 1.74. The maximum absolute atomic E-state index is 4.33. The van der Waals surface area contributed by atoms with E-state index in [-0.39, 0.29) is 0 Å². The van der Waals surface area contributed by atoms with Gasteiger partial charge in [-0.1, -0.05) is 0 Å². The van der Waals surface area contributed by atoms with E-state index in [0.29, 0.717) is 0 Å². The molecule has 0 aliphatic carbocycles. The lowest BCUT2D eigenvalue weighted by atomic mass is 10.3. The van der Waals surface area contributed by atoms with Crippen LogP contribution in [-0.4, -0.2) is 32.4 Å². The van der Waals surface area contributed by atoms with Crippen molar-refractivity contribution in [2.24, 2.45) is 7.05 Å². The molecule has 0 aliphatic rings. The van der Waals surface area contributed by atoms with Crippen molar-refractivity contribution in [1.29, 1.82) is 0 Å². The molecule has 0 radical (unpaired) electrons. The number of hydrogen-bond donors (Lipinski definition) is 1. The Morgan fingerprint density at radius 3 is 2.94 bits per heavy atom. The van der Waals surface area contributed by atoms with Gasteiger partial charge in [0, 0.05) is 45.1 Å². The van der Waals surface area contributed by atoms with Crippen molar-refractivity contribution in [3.8, 4) is 0 Å². The molecule has 2 rings (SSSR count). The lowest BCUT2D eigenvalue weighted by Crippen LogP contribution is -2.19. The molecular weight excluding hydrogens is 214 g/mol. The van der Waals surface area contributed by atoms with Gasteiger partial charge in [-0.25, -0.2) is 4.98 Å². The number of imidazole rings is 1. The molecule has 0 aliphatic heterocycles. The Labute approximate surface area is 101 Å². The van der Waals surface area contributed by atoms with Crippen LogP contribution in [0.25, 0.3) is 0 Å². The first kappa shape index (κ1) is 11.9. The Morgan fingerprint density at radius 2 is 2.24 bits per heavy atom. The maximum atomic E-state index is 4.33. The molecule has 0 unspecified atom stereocenters. The predicted octanol–water partition coefficient (Wildman–Crippen LogP) is 0.839. The SMILES string of the molecule is Cn1ccc(CCNCCCn2ccnc2)n1. The Morgan fingerprint density at radius 1 is 1.29 bits per heavy atom. The third-order valence-electron chi connectivity index (χ3n) is 2.66. The average Bonchev–Trinajstić information content (AvgIpc) is 2.95. The van der Waals surface area contributed by atoms with Crippen LogP contribution in [0.2, 0.25) is 0 Å². The highest BCUT2D eigenvalue weighted by molar-refractivity contribution is 4.98. The van der Waals surface area contributed by atoms with Crippen LogP contribution in [-0.2, 0) is 20.0 Å². The van der Waals surface area contributed by atoms with Crippen molar-refractivity contribution >= 4 is 0 Å². The second kappa shape index (κ2) is 6.20. The molecule has 0 amide bonds. The predicted molar refractivity (Wildman–Crippen MR) is 66.6 cm³/mol. The molecule has 0 atom stereocenters. The van der Waals surface area contributed by atoms with E-state index >= 15 is 0 Å². The van der Waals surface area contributed by atoms with Gasteiger partial charge in [0.15, 0.2) is 0 Å². The minimum Gasteiger partial charge on any atom is -0.337 e. The Bertz CT molecular complexity index is 418. The second-order valence-corrected chi connectivity index (χ2v) is 4.13. The summed E-state index contributed by atoms with van der Waals surface area (Å²) in [6.07, 6.45) is 9.76. The van der Waals surface area contributed by atoms with Crippen LogP contribution < -0.4 is 5.32 Å². The fourth-order valence-electron chi connectivity index (χ4n) is 1.74. The van der Waals surface area contributed by atoms with Gasteiger partial charge in [0.25, 0.3) is 0 Å². The number of rotatable bonds is 7. The van der Waals surface area contributed by atoms with Gasteiger partial charge in [0.05, 0.1) is 12.0 Å². The molecule has 0 aromatic carbocycles. The van der Waals surface area contributed by atoms with E-state index in [2.05, 4.69) is 26.0 Å². The van der Waals surface area contributed by atoms with Crippen molar-refractivity contribution < 1.29 is 0 Å². The Hall–Kier alpha value is -1.62. The van der Waals surface area contributed by atoms with Gasteiger partial charge >= 0.3 is 0 Å². The third-order valence-corrected chi connectivity index (χ3v) is 2.66. The van der Waals surface area contributed by atoms with Gasteiger partial charge in [0.2, 0.25) is 0 Å². The van der Waals surface area contributed by atoms with Gasteiger partial charge in [-0.05, 0) is 19.0 Å². The summed E-state index contributed by atoms with van der Waals surface area (Å²) in [5.41, 5.74) is 1.15. The topological polar surface area (TPSA) is 47.7 Å². The third kappa shape index (κ3) is 4.03. The zero-order valence-corrected chi connectivity index (χ0v) is 10.2. The molecule has 92 valence electrons. The van der Waals surface area contributed by atoms with Gasteiger partial charge in [-0.15, -0.1) is 0 Å². The lowest BCUT2D eigenvalue weighted by Gasteiger charge is -2.04. The number of aromatic nitrogens is 4. The number of hydrogen-bond acceptors (Lipinski definition) is 3. The van der Waals surface area contributed by atoms with Crippen LogP contribution in [0.3, 0.4) is 0 Å². The van der Waals surface area contributed by atoms with E-state index in [1.807, 2.05) is 36.6 Å². The van der Waals surface area contributed by atoms with Crippen molar-refractivity contribution in [2.45, 2.75) is 19.4 Å². The zero-order chi connectivity index (χ0) is 11.9. The molecule has 5 heteroatoms. The summed E-state index contributed by atoms with van der Waals surface area (Å²) < 4.78 is 3.94. The molecule has 1 N–H and O–H groups in total. The Balaban J connectivity index is 1.52. The molecule has 2 heterocycles. The first-order valence-electron chi connectivity index (χ1n) is 5.99. The van der Waals surface area contributed by atoms with Crippen LogP contribution in [0.5, 0.6) is 0 Å². The summed E-state index contributed by atoms with van der Waals surface area (Å²) in [4.78, 5) is 4.01. The first-order chi connectivity index (χ1) is 8.34. The molecule has 0 saturated carbocycles. The number of nitrogens with zero attached hydrogens (tertiary/aromatic N) is 4. The molecular formula is C12H19N5. The molecule has 0 bridgehead atoms. The normalized spacial score (nSPS) is 10.9. The summed E-state index contributed by atoms with van der Waals surface area (Å²) in [7, 11) is 1.95.